The van der Waals surface area contributed by atoms with Crippen LogP contribution in [0, 0.1) is 12.3 Å². The van der Waals surface area contributed by atoms with Gasteiger partial charge in [-0.2, -0.15) is 5.10 Å². The lowest BCUT2D eigenvalue weighted by atomic mass is 9.73. The van der Waals surface area contributed by atoms with Crippen LogP contribution in [-0.2, 0) is 13.0 Å². The largest absolute Gasteiger partial charge is 0.390 e. The molecule has 0 radical (unpaired) electrons. The molecule has 0 aromatic carbocycles. The highest BCUT2D eigenvalue weighted by atomic mass is 35.5. The maximum atomic E-state index is 9.62. The predicted molar refractivity (Wildman–Crippen MR) is 136 cm³/mol. The van der Waals surface area contributed by atoms with Crippen LogP contribution >= 0.6 is 11.6 Å². The van der Waals surface area contributed by atoms with Crippen LogP contribution < -0.4 is 4.90 Å². The fraction of sp³-hybridized carbons (Fsp3) is 0.346. The van der Waals surface area contributed by atoms with E-state index in [0.29, 0.717) is 10.7 Å². The first kappa shape index (κ1) is 22.1. The van der Waals surface area contributed by atoms with Crippen LogP contribution in [0.5, 0.6) is 0 Å². The smallest absolute Gasteiger partial charge is 0.155 e. The molecule has 1 saturated heterocycles. The molecular formula is C26H26ClN7O. The van der Waals surface area contributed by atoms with E-state index in [0.717, 1.165) is 66.3 Å². The summed E-state index contributed by atoms with van der Waals surface area (Å²) in [6, 6.07) is 8.06. The molecule has 4 aromatic heterocycles. The molecule has 5 heterocycles. The monoisotopic (exact) mass is 487 g/mol. The van der Waals surface area contributed by atoms with Gasteiger partial charge in [0.2, 0.25) is 0 Å². The Morgan fingerprint density at radius 1 is 1.17 bits per heavy atom. The molecule has 1 fully saturated rings. The van der Waals surface area contributed by atoms with E-state index >= 15 is 0 Å². The lowest BCUT2D eigenvalue weighted by Crippen LogP contribution is -2.42. The quantitative estimate of drug-likeness (QED) is 0.433. The van der Waals surface area contributed by atoms with Crippen LogP contribution in [0.15, 0.2) is 47.8 Å². The summed E-state index contributed by atoms with van der Waals surface area (Å²) >= 11 is 6.59. The number of nitrogens with zero attached hydrogens (tertiary/aromatic N) is 7. The SMILES string of the molecule is C=N[C@@H]1c2cccnc2CC12CCN(c1nc(C)c(-c3ccnc(CO)c3Cl)n3nccc13)CC2. The van der Waals surface area contributed by atoms with Gasteiger partial charge >= 0.3 is 0 Å². The summed E-state index contributed by atoms with van der Waals surface area (Å²) in [4.78, 5) is 20.8. The van der Waals surface area contributed by atoms with E-state index in [2.05, 4.69) is 37.7 Å². The van der Waals surface area contributed by atoms with Gasteiger partial charge < -0.3 is 10.0 Å². The van der Waals surface area contributed by atoms with Crippen molar-refractivity contribution < 1.29 is 5.11 Å². The van der Waals surface area contributed by atoms with Crippen molar-refractivity contribution in [3.63, 3.8) is 0 Å². The van der Waals surface area contributed by atoms with E-state index < -0.39 is 0 Å². The first-order valence-electron chi connectivity index (χ1n) is 11.8. The van der Waals surface area contributed by atoms with E-state index in [-0.39, 0.29) is 18.1 Å². The molecule has 8 nitrogen and oxygen atoms in total. The number of aliphatic imine (C=N–C) groups is 1. The highest BCUT2D eigenvalue weighted by Crippen LogP contribution is 2.53. The molecule has 1 aliphatic carbocycles. The number of piperidine rings is 1. The zero-order chi connectivity index (χ0) is 24.2. The number of aliphatic hydroxyl groups excluding tert-OH is 1. The summed E-state index contributed by atoms with van der Waals surface area (Å²) in [5, 5.41) is 14.6. The summed E-state index contributed by atoms with van der Waals surface area (Å²) in [7, 11) is 0. The first-order chi connectivity index (χ1) is 17.1. The molecule has 1 aliphatic heterocycles. The fourth-order valence-corrected chi connectivity index (χ4v) is 6.17. The van der Waals surface area contributed by atoms with Crippen molar-refractivity contribution >= 4 is 29.7 Å². The Labute approximate surface area is 208 Å². The molecule has 0 saturated carbocycles. The van der Waals surface area contributed by atoms with Crippen molar-refractivity contribution in [1.29, 1.82) is 0 Å². The minimum atomic E-state index is -0.227. The Bertz CT molecular complexity index is 1440. The number of pyridine rings is 2. The van der Waals surface area contributed by atoms with Gasteiger partial charge in [0.1, 0.15) is 5.52 Å². The van der Waals surface area contributed by atoms with Gasteiger partial charge in [0.25, 0.3) is 0 Å². The van der Waals surface area contributed by atoms with Crippen LogP contribution in [0.25, 0.3) is 16.8 Å². The minimum Gasteiger partial charge on any atom is -0.390 e. The third-order valence-electron chi connectivity index (χ3n) is 7.63. The lowest BCUT2D eigenvalue weighted by Gasteiger charge is -2.42. The molecule has 0 amide bonds. The number of aromatic nitrogens is 5. The Balaban J connectivity index is 1.35. The van der Waals surface area contributed by atoms with Gasteiger partial charge in [-0.1, -0.05) is 17.7 Å². The van der Waals surface area contributed by atoms with Crippen LogP contribution in [0.4, 0.5) is 5.82 Å². The number of halogens is 1. The summed E-state index contributed by atoms with van der Waals surface area (Å²) < 4.78 is 1.90. The molecule has 1 N–H and O–H groups in total. The second-order valence-corrected chi connectivity index (χ2v) is 9.80. The van der Waals surface area contributed by atoms with Gasteiger partial charge in [-0.3, -0.25) is 15.0 Å². The van der Waals surface area contributed by atoms with Crippen molar-refractivity contribution in [2.24, 2.45) is 10.4 Å². The second-order valence-electron chi connectivity index (χ2n) is 9.43. The molecule has 6 rings (SSSR count). The summed E-state index contributed by atoms with van der Waals surface area (Å²) in [6.45, 7) is 7.41. The number of aryl methyl sites for hydroxylation is 1. The van der Waals surface area contributed by atoms with Gasteiger partial charge in [-0.15, -0.1) is 0 Å². The Morgan fingerprint density at radius 3 is 2.77 bits per heavy atom. The van der Waals surface area contributed by atoms with Gasteiger partial charge in [0, 0.05) is 42.2 Å². The average molecular weight is 488 g/mol. The zero-order valence-corrected chi connectivity index (χ0v) is 20.3. The molecule has 4 aromatic rings. The van der Waals surface area contributed by atoms with E-state index in [1.54, 1.807) is 12.4 Å². The third kappa shape index (κ3) is 3.35. The number of rotatable bonds is 4. The maximum Gasteiger partial charge on any atom is 0.155 e. The predicted octanol–water partition coefficient (Wildman–Crippen LogP) is 4.23. The molecule has 1 spiro atoms. The van der Waals surface area contributed by atoms with E-state index in [1.165, 1.54) is 5.56 Å². The van der Waals surface area contributed by atoms with Gasteiger partial charge in [-0.25, -0.2) is 9.50 Å². The molecule has 0 unspecified atom stereocenters. The number of hydrogen-bond donors (Lipinski definition) is 1. The highest BCUT2D eigenvalue weighted by Gasteiger charge is 2.48. The van der Waals surface area contributed by atoms with E-state index in [1.807, 2.05) is 35.8 Å². The van der Waals surface area contributed by atoms with Gasteiger partial charge in [-0.05, 0) is 56.7 Å². The third-order valence-corrected chi connectivity index (χ3v) is 8.05. The molecule has 35 heavy (non-hydrogen) atoms. The Morgan fingerprint density at radius 2 is 2.00 bits per heavy atom. The number of hydrogen-bond acceptors (Lipinski definition) is 7. The maximum absolute atomic E-state index is 9.62. The van der Waals surface area contributed by atoms with Gasteiger partial charge in [0.15, 0.2) is 5.82 Å². The number of anilines is 1. The van der Waals surface area contributed by atoms with Crippen molar-refractivity contribution in [2.75, 3.05) is 18.0 Å². The summed E-state index contributed by atoms with van der Waals surface area (Å²) in [5.74, 6) is 0.919. The van der Waals surface area contributed by atoms with Crippen molar-refractivity contribution in [3.8, 4) is 11.3 Å². The first-order valence-corrected chi connectivity index (χ1v) is 12.2. The number of fused-ring (bicyclic) bond motifs is 2. The highest BCUT2D eigenvalue weighted by molar-refractivity contribution is 6.33. The minimum absolute atomic E-state index is 0.0612. The molecular weight excluding hydrogens is 462 g/mol. The number of aliphatic hydroxyl groups is 1. The van der Waals surface area contributed by atoms with Crippen LogP contribution in [0.2, 0.25) is 5.02 Å². The van der Waals surface area contributed by atoms with Crippen LogP contribution in [0.1, 0.15) is 41.5 Å². The molecule has 2 aliphatic rings. The van der Waals surface area contributed by atoms with E-state index in [4.69, 9.17) is 16.6 Å². The van der Waals surface area contributed by atoms with Crippen molar-refractivity contribution in [1.82, 2.24) is 24.6 Å². The zero-order valence-electron chi connectivity index (χ0n) is 19.5. The van der Waals surface area contributed by atoms with E-state index in [9.17, 15) is 5.11 Å². The molecule has 0 bridgehead atoms. The van der Waals surface area contributed by atoms with Gasteiger partial charge in [0.05, 0.1) is 40.9 Å². The molecule has 1 atom stereocenters. The molecule has 9 heteroatoms. The summed E-state index contributed by atoms with van der Waals surface area (Å²) in [6.07, 6.45) is 8.24. The Hall–Kier alpha value is -3.36. The van der Waals surface area contributed by atoms with Crippen LogP contribution in [-0.4, -0.2) is 49.5 Å². The van der Waals surface area contributed by atoms with Crippen LogP contribution in [0.3, 0.4) is 0 Å². The summed E-state index contributed by atoms with van der Waals surface area (Å²) in [5.41, 5.74) is 6.18. The topological polar surface area (TPSA) is 91.8 Å². The normalized spacial score (nSPS) is 18.8. The van der Waals surface area contributed by atoms with Crippen molar-refractivity contribution in [2.45, 2.75) is 38.8 Å². The standard InChI is InChI=1S/C26H26ClN7O/c1-16-23(18-5-10-30-20(15-35)22(18)27)34-21(6-11-31-34)25(32-16)33-12-7-26(8-13-33)14-19-17(24(26)28-2)4-3-9-29-19/h3-6,9-11,24,35H,2,7-8,12-15H2,1H3/t24-/m1/s1. The second kappa shape index (κ2) is 8.39. The average Bonchev–Trinajstić information content (AvgIpc) is 3.47. The fourth-order valence-electron chi connectivity index (χ4n) is 5.91. The van der Waals surface area contributed by atoms with Crippen molar-refractivity contribution in [3.05, 3.63) is 70.5 Å². The Kier molecular flexibility index (Phi) is 5.30. The lowest BCUT2D eigenvalue weighted by molar-refractivity contribution is 0.188. The molecule has 178 valence electrons.